The van der Waals surface area contributed by atoms with Crippen LogP contribution >= 0.6 is 0 Å². The van der Waals surface area contributed by atoms with E-state index in [0.29, 0.717) is 17.5 Å². The van der Waals surface area contributed by atoms with Gasteiger partial charge in [0.25, 0.3) is 0 Å². The van der Waals surface area contributed by atoms with Gasteiger partial charge in [-0.1, -0.05) is 37.3 Å². The Kier molecular flexibility index (Phi) is 4.16. The molecular weight excluding hydrogens is 277 g/mol. The van der Waals surface area contributed by atoms with Crippen LogP contribution in [0.4, 0.5) is 13.2 Å². The van der Waals surface area contributed by atoms with Crippen molar-refractivity contribution in [3.8, 4) is 11.1 Å². The molecule has 2 aromatic rings. The van der Waals surface area contributed by atoms with Gasteiger partial charge in [0, 0.05) is 5.56 Å². The summed E-state index contributed by atoms with van der Waals surface area (Å²) in [5, 5.41) is 0. The third-order valence-corrected chi connectivity index (χ3v) is 3.42. The maximum absolute atomic E-state index is 13.1. The Labute approximate surface area is 121 Å². The Morgan fingerprint density at radius 2 is 1.71 bits per heavy atom. The lowest BCUT2D eigenvalue weighted by molar-refractivity contribution is -0.137. The first-order chi connectivity index (χ1) is 9.84. The van der Waals surface area contributed by atoms with Crippen molar-refractivity contribution in [3.63, 3.8) is 0 Å². The molecule has 1 nitrogen and oxygen atoms in total. The van der Waals surface area contributed by atoms with E-state index in [4.69, 9.17) is 0 Å². The smallest absolute Gasteiger partial charge is 0.295 e. The molecule has 0 fully saturated rings. The minimum absolute atomic E-state index is 0.0969. The second kappa shape index (κ2) is 5.72. The summed E-state index contributed by atoms with van der Waals surface area (Å²) in [7, 11) is 0. The van der Waals surface area contributed by atoms with Crippen molar-refractivity contribution in [1.82, 2.24) is 0 Å². The molecule has 110 valence electrons. The van der Waals surface area contributed by atoms with Gasteiger partial charge in [-0.05, 0) is 42.2 Å². The van der Waals surface area contributed by atoms with Crippen LogP contribution in [0.3, 0.4) is 0 Å². The van der Waals surface area contributed by atoms with E-state index >= 15 is 0 Å². The quantitative estimate of drug-likeness (QED) is 0.716. The van der Waals surface area contributed by atoms with Crippen LogP contribution in [0.1, 0.15) is 35.3 Å². The van der Waals surface area contributed by atoms with Gasteiger partial charge in [-0.3, -0.25) is 4.79 Å². The van der Waals surface area contributed by atoms with Gasteiger partial charge in [0.05, 0.1) is 5.56 Å². The molecule has 2 rings (SSSR count). The van der Waals surface area contributed by atoms with Crippen molar-refractivity contribution in [2.45, 2.75) is 26.4 Å². The standard InChI is InChI=1S/C17H15F3O/c1-3-12-10-13(11(2)21)8-9-14(12)15-6-4-5-7-16(15)17(18,19)20/h4-10H,3H2,1-2H3. The third kappa shape index (κ3) is 3.15. The van der Waals surface area contributed by atoms with Crippen molar-refractivity contribution in [2.24, 2.45) is 0 Å². The van der Waals surface area contributed by atoms with E-state index in [0.717, 1.165) is 11.6 Å². The lowest BCUT2D eigenvalue weighted by Crippen LogP contribution is -2.07. The van der Waals surface area contributed by atoms with E-state index < -0.39 is 11.7 Å². The number of benzene rings is 2. The van der Waals surface area contributed by atoms with Crippen LogP contribution in [-0.2, 0) is 12.6 Å². The molecule has 0 radical (unpaired) electrons. The Morgan fingerprint density at radius 1 is 1.05 bits per heavy atom. The molecule has 0 aliphatic carbocycles. The average molecular weight is 292 g/mol. The normalized spacial score (nSPS) is 11.5. The zero-order valence-electron chi connectivity index (χ0n) is 11.8. The van der Waals surface area contributed by atoms with Gasteiger partial charge >= 0.3 is 6.18 Å². The second-order valence-corrected chi connectivity index (χ2v) is 4.83. The Morgan fingerprint density at radius 3 is 2.29 bits per heavy atom. The number of carbonyl (C=O) groups excluding carboxylic acids is 1. The highest BCUT2D eigenvalue weighted by molar-refractivity contribution is 5.95. The number of rotatable bonds is 3. The van der Waals surface area contributed by atoms with Crippen LogP contribution in [0.25, 0.3) is 11.1 Å². The zero-order chi connectivity index (χ0) is 15.6. The summed E-state index contributed by atoms with van der Waals surface area (Å²) >= 11 is 0. The summed E-state index contributed by atoms with van der Waals surface area (Å²) in [4.78, 5) is 11.4. The molecule has 0 spiro atoms. The fraction of sp³-hybridized carbons (Fsp3) is 0.235. The summed E-state index contributed by atoms with van der Waals surface area (Å²) in [6.07, 6.45) is -3.84. The number of ketones is 1. The molecular formula is C17H15F3O. The monoisotopic (exact) mass is 292 g/mol. The fourth-order valence-electron chi connectivity index (χ4n) is 2.33. The van der Waals surface area contributed by atoms with Crippen molar-refractivity contribution in [3.05, 3.63) is 59.2 Å². The van der Waals surface area contributed by atoms with Crippen LogP contribution < -0.4 is 0 Å². The summed E-state index contributed by atoms with van der Waals surface area (Å²) < 4.78 is 39.4. The number of carbonyl (C=O) groups is 1. The highest BCUT2D eigenvalue weighted by atomic mass is 19.4. The largest absolute Gasteiger partial charge is 0.417 e. The van der Waals surface area contributed by atoms with E-state index in [9.17, 15) is 18.0 Å². The molecule has 2 aromatic carbocycles. The topological polar surface area (TPSA) is 17.1 Å². The number of hydrogen-bond acceptors (Lipinski definition) is 1. The first kappa shape index (κ1) is 15.3. The number of aryl methyl sites for hydroxylation is 1. The molecule has 21 heavy (non-hydrogen) atoms. The molecule has 0 unspecified atom stereocenters. The van der Waals surface area contributed by atoms with E-state index in [1.807, 2.05) is 6.92 Å². The summed E-state index contributed by atoms with van der Waals surface area (Å²) in [5.41, 5.74) is 1.27. The first-order valence-corrected chi connectivity index (χ1v) is 6.65. The van der Waals surface area contributed by atoms with Gasteiger partial charge in [0.15, 0.2) is 5.78 Å². The molecule has 0 atom stereocenters. The fourth-order valence-corrected chi connectivity index (χ4v) is 2.33. The molecule has 0 amide bonds. The van der Waals surface area contributed by atoms with Crippen LogP contribution in [-0.4, -0.2) is 5.78 Å². The summed E-state index contributed by atoms with van der Waals surface area (Å²) in [6, 6.07) is 10.3. The van der Waals surface area contributed by atoms with Crippen molar-refractivity contribution in [2.75, 3.05) is 0 Å². The number of hydrogen-bond donors (Lipinski definition) is 0. The van der Waals surface area contributed by atoms with Crippen molar-refractivity contribution < 1.29 is 18.0 Å². The second-order valence-electron chi connectivity index (χ2n) is 4.83. The van der Waals surface area contributed by atoms with Gasteiger partial charge in [-0.2, -0.15) is 13.2 Å². The molecule has 0 saturated heterocycles. The number of alkyl halides is 3. The van der Waals surface area contributed by atoms with Gasteiger partial charge in [-0.15, -0.1) is 0 Å². The maximum Gasteiger partial charge on any atom is 0.417 e. The lowest BCUT2D eigenvalue weighted by Gasteiger charge is -2.16. The van der Waals surface area contributed by atoms with Gasteiger partial charge < -0.3 is 0 Å². The molecule has 0 heterocycles. The van der Waals surface area contributed by atoms with Gasteiger partial charge in [0.2, 0.25) is 0 Å². The highest BCUT2D eigenvalue weighted by Crippen LogP contribution is 2.38. The average Bonchev–Trinajstić information content (AvgIpc) is 2.45. The number of halogens is 3. The van der Waals surface area contributed by atoms with Crippen LogP contribution in [0.2, 0.25) is 0 Å². The third-order valence-electron chi connectivity index (χ3n) is 3.42. The van der Waals surface area contributed by atoms with Gasteiger partial charge in [-0.25, -0.2) is 0 Å². The molecule has 4 heteroatoms. The molecule has 0 aliphatic heterocycles. The predicted molar refractivity (Wildman–Crippen MR) is 76.3 cm³/mol. The molecule has 0 bridgehead atoms. The predicted octanol–water partition coefficient (Wildman–Crippen LogP) is 5.14. The lowest BCUT2D eigenvalue weighted by atomic mass is 9.92. The minimum Gasteiger partial charge on any atom is -0.295 e. The zero-order valence-corrected chi connectivity index (χ0v) is 11.8. The molecule has 0 aromatic heterocycles. The minimum atomic E-state index is -4.40. The SMILES string of the molecule is CCc1cc(C(C)=O)ccc1-c1ccccc1C(F)(F)F. The Balaban J connectivity index is 2.65. The molecule has 0 saturated carbocycles. The van der Waals surface area contributed by atoms with Crippen LogP contribution in [0, 0.1) is 0 Å². The van der Waals surface area contributed by atoms with E-state index in [1.165, 1.54) is 19.1 Å². The molecule has 0 N–H and O–H groups in total. The Hall–Kier alpha value is -2.10. The maximum atomic E-state index is 13.1. The van der Waals surface area contributed by atoms with Crippen molar-refractivity contribution >= 4 is 5.78 Å². The van der Waals surface area contributed by atoms with Gasteiger partial charge in [0.1, 0.15) is 0 Å². The number of Topliss-reactive ketones (excluding diaryl/α,β-unsaturated/α-hetero) is 1. The highest BCUT2D eigenvalue weighted by Gasteiger charge is 2.33. The van der Waals surface area contributed by atoms with E-state index in [2.05, 4.69) is 0 Å². The van der Waals surface area contributed by atoms with E-state index in [1.54, 1.807) is 24.3 Å². The summed E-state index contributed by atoms with van der Waals surface area (Å²) in [6.45, 7) is 3.30. The van der Waals surface area contributed by atoms with Crippen molar-refractivity contribution in [1.29, 1.82) is 0 Å². The Bertz CT molecular complexity index is 672. The van der Waals surface area contributed by atoms with E-state index in [-0.39, 0.29) is 11.3 Å². The van der Waals surface area contributed by atoms with Crippen LogP contribution in [0.5, 0.6) is 0 Å². The first-order valence-electron chi connectivity index (χ1n) is 6.65. The van der Waals surface area contributed by atoms with Crippen LogP contribution in [0.15, 0.2) is 42.5 Å². The molecule has 0 aliphatic rings. The summed E-state index contributed by atoms with van der Waals surface area (Å²) in [5.74, 6) is -0.0969.